The van der Waals surface area contributed by atoms with Gasteiger partial charge in [0, 0.05) is 13.1 Å². The van der Waals surface area contributed by atoms with Crippen LogP contribution < -0.4 is 0 Å². The minimum atomic E-state index is -3.69. The molecule has 0 spiro atoms. The van der Waals surface area contributed by atoms with Crippen molar-refractivity contribution in [2.75, 3.05) is 13.1 Å². The minimum absolute atomic E-state index is 0.0327. The highest BCUT2D eigenvalue weighted by Gasteiger charge is 2.39. The highest BCUT2D eigenvalue weighted by atomic mass is 35.5. The lowest BCUT2D eigenvalue weighted by Gasteiger charge is -2.15. The molecule has 0 bridgehead atoms. The number of nitrogens with zero attached hydrogens (tertiary/aromatic N) is 1. The topological polar surface area (TPSA) is 71.5 Å². The maximum absolute atomic E-state index is 12.6. The predicted molar refractivity (Wildman–Crippen MR) is 90.1 cm³/mol. The maximum atomic E-state index is 12.6. The number of sulfone groups is 1. The number of thiophene rings is 1. The molecule has 1 atom stereocenters. The maximum Gasteiger partial charge on any atom is 0.252 e. The zero-order valence-electron chi connectivity index (χ0n) is 11.9. The van der Waals surface area contributed by atoms with Gasteiger partial charge in [0.2, 0.25) is 0 Å². The summed E-state index contributed by atoms with van der Waals surface area (Å²) < 4.78 is 52.0. The van der Waals surface area contributed by atoms with Crippen molar-refractivity contribution in [3.63, 3.8) is 0 Å². The molecule has 0 unspecified atom stereocenters. The van der Waals surface area contributed by atoms with E-state index in [1.807, 2.05) is 0 Å². The van der Waals surface area contributed by atoms with E-state index in [2.05, 4.69) is 0 Å². The number of halogens is 1. The lowest BCUT2D eigenvalue weighted by molar-refractivity contribution is 0.478. The molecule has 1 saturated heterocycles. The second kappa shape index (κ2) is 6.18. The van der Waals surface area contributed by atoms with Gasteiger partial charge in [0.1, 0.15) is 4.21 Å². The largest absolute Gasteiger partial charge is 0.252 e. The molecule has 0 amide bonds. The van der Waals surface area contributed by atoms with E-state index in [0.29, 0.717) is 4.34 Å². The molecule has 0 saturated carbocycles. The van der Waals surface area contributed by atoms with Crippen molar-refractivity contribution in [2.45, 2.75) is 20.8 Å². The van der Waals surface area contributed by atoms with E-state index >= 15 is 0 Å². The highest BCUT2D eigenvalue weighted by Crippen LogP contribution is 2.32. The Balaban J connectivity index is 1.84. The third-order valence-electron chi connectivity index (χ3n) is 3.76. The molecule has 1 aliphatic rings. The van der Waals surface area contributed by atoms with Crippen molar-refractivity contribution in [3.05, 3.63) is 46.8 Å². The van der Waals surface area contributed by atoms with Crippen molar-refractivity contribution >= 4 is 42.8 Å². The molecule has 1 aromatic heterocycles. The molecule has 0 radical (unpaired) electrons. The number of hydrogen-bond donors (Lipinski definition) is 0. The summed E-state index contributed by atoms with van der Waals surface area (Å²) in [6, 6.07) is 11.1. The number of rotatable bonds is 4. The number of hydrogen-bond acceptors (Lipinski definition) is 5. The first-order valence-corrected chi connectivity index (χ1v) is 11.0. The molecule has 124 valence electrons. The third-order valence-corrected chi connectivity index (χ3v) is 9.52. The van der Waals surface area contributed by atoms with Gasteiger partial charge in [-0.2, -0.15) is 4.31 Å². The summed E-state index contributed by atoms with van der Waals surface area (Å²) in [4.78, 5) is 0.225. The summed E-state index contributed by atoms with van der Waals surface area (Å²) in [7, 11) is -7.23. The predicted octanol–water partition coefficient (Wildman–Crippen LogP) is 2.64. The van der Waals surface area contributed by atoms with Gasteiger partial charge >= 0.3 is 0 Å². The van der Waals surface area contributed by atoms with Crippen LogP contribution in [0.15, 0.2) is 51.6 Å². The number of sulfonamides is 1. The van der Waals surface area contributed by atoms with Crippen molar-refractivity contribution in [1.82, 2.24) is 4.31 Å². The van der Waals surface area contributed by atoms with E-state index < -0.39 is 25.1 Å². The quantitative estimate of drug-likeness (QED) is 0.803. The van der Waals surface area contributed by atoms with E-state index in [1.54, 1.807) is 18.2 Å². The molecule has 1 aromatic carbocycles. The van der Waals surface area contributed by atoms with Crippen LogP contribution in [-0.2, 0) is 19.9 Å². The van der Waals surface area contributed by atoms with Crippen molar-refractivity contribution in [2.24, 2.45) is 0 Å². The lowest BCUT2D eigenvalue weighted by Crippen LogP contribution is -2.31. The third kappa shape index (κ3) is 3.18. The second-order valence-corrected chi connectivity index (χ2v) is 11.3. The number of benzene rings is 1. The van der Waals surface area contributed by atoms with E-state index in [0.717, 1.165) is 11.3 Å². The Morgan fingerprint density at radius 3 is 2.35 bits per heavy atom. The van der Waals surface area contributed by atoms with E-state index in [4.69, 9.17) is 11.6 Å². The molecule has 23 heavy (non-hydrogen) atoms. The van der Waals surface area contributed by atoms with Crippen LogP contribution in [-0.4, -0.2) is 39.5 Å². The summed E-state index contributed by atoms with van der Waals surface area (Å²) in [5.41, 5.74) is 0. The molecular weight excluding hydrogens is 378 g/mol. The van der Waals surface area contributed by atoms with Crippen molar-refractivity contribution < 1.29 is 16.8 Å². The van der Waals surface area contributed by atoms with Crippen LogP contribution in [0, 0.1) is 0 Å². The van der Waals surface area contributed by atoms with Gasteiger partial charge < -0.3 is 0 Å². The Labute approximate surface area is 144 Å². The zero-order chi connectivity index (χ0) is 16.7. The fraction of sp³-hybridized carbons (Fsp3) is 0.286. The van der Waals surface area contributed by atoms with Gasteiger partial charge in [-0.1, -0.05) is 29.8 Å². The average Bonchev–Trinajstić information content (AvgIpc) is 3.18. The summed E-state index contributed by atoms with van der Waals surface area (Å²) in [5.74, 6) is 0. The van der Waals surface area contributed by atoms with Crippen LogP contribution in [0.25, 0.3) is 0 Å². The van der Waals surface area contributed by atoms with E-state index in [-0.39, 0.29) is 28.6 Å². The second-order valence-electron chi connectivity index (χ2n) is 5.19. The van der Waals surface area contributed by atoms with Crippen LogP contribution in [0.3, 0.4) is 0 Å². The van der Waals surface area contributed by atoms with Crippen LogP contribution in [0.1, 0.15) is 6.42 Å². The minimum Gasteiger partial charge on any atom is -0.223 e. The van der Waals surface area contributed by atoms with Crippen LogP contribution >= 0.6 is 22.9 Å². The summed E-state index contributed by atoms with van der Waals surface area (Å²) >= 11 is 6.77. The van der Waals surface area contributed by atoms with E-state index in [9.17, 15) is 16.8 Å². The Morgan fingerprint density at radius 1 is 1.04 bits per heavy atom. The molecule has 1 fully saturated rings. The monoisotopic (exact) mass is 391 g/mol. The van der Waals surface area contributed by atoms with Crippen LogP contribution in [0.4, 0.5) is 0 Å². The van der Waals surface area contributed by atoms with Gasteiger partial charge in [0.05, 0.1) is 14.5 Å². The first-order chi connectivity index (χ1) is 10.8. The summed E-state index contributed by atoms with van der Waals surface area (Å²) in [6.07, 6.45) is 0.287. The first kappa shape index (κ1) is 16.9. The smallest absolute Gasteiger partial charge is 0.223 e. The Morgan fingerprint density at radius 2 is 1.74 bits per heavy atom. The molecule has 2 aromatic rings. The van der Waals surface area contributed by atoms with E-state index in [1.165, 1.54) is 28.6 Å². The molecule has 9 heteroatoms. The van der Waals surface area contributed by atoms with Gasteiger partial charge in [0.25, 0.3) is 10.0 Å². The zero-order valence-corrected chi connectivity index (χ0v) is 15.1. The van der Waals surface area contributed by atoms with Gasteiger partial charge in [-0.25, -0.2) is 16.8 Å². The highest BCUT2D eigenvalue weighted by molar-refractivity contribution is 7.92. The summed E-state index contributed by atoms with van der Waals surface area (Å²) in [5, 5.41) is -0.727. The Kier molecular flexibility index (Phi) is 4.54. The van der Waals surface area contributed by atoms with Gasteiger partial charge in [0.15, 0.2) is 9.84 Å². The van der Waals surface area contributed by atoms with Crippen LogP contribution in [0.5, 0.6) is 0 Å². The molecule has 1 aliphatic heterocycles. The van der Waals surface area contributed by atoms with Crippen LogP contribution in [0.2, 0.25) is 4.34 Å². The van der Waals surface area contributed by atoms with Crippen molar-refractivity contribution in [3.8, 4) is 0 Å². The fourth-order valence-corrected chi connectivity index (χ4v) is 7.48. The normalized spacial score (nSPS) is 20.0. The van der Waals surface area contributed by atoms with Gasteiger partial charge in [-0.3, -0.25) is 0 Å². The van der Waals surface area contributed by atoms with Gasteiger partial charge in [-0.15, -0.1) is 11.3 Å². The first-order valence-electron chi connectivity index (χ1n) is 6.86. The Hall–Kier alpha value is -0.930. The van der Waals surface area contributed by atoms with Gasteiger partial charge in [-0.05, 0) is 30.7 Å². The molecule has 5 nitrogen and oxygen atoms in total. The molecule has 0 aliphatic carbocycles. The summed E-state index contributed by atoms with van der Waals surface area (Å²) in [6.45, 7) is 0.156. The average molecular weight is 392 g/mol. The standard InChI is InChI=1S/C14H14ClNO4S3/c15-13-6-7-14(21-13)23(19,20)16-9-8-12(10-16)22(17,18)11-4-2-1-3-5-11/h1-7,12H,8-10H2/t12-/m0/s1. The molecule has 3 rings (SSSR count). The molecule has 2 heterocycles. The fourth-order valence-electron chi connectivity index (χ4n) is 2.54. The lowest BCUT2D eigenvalue weighted by atomic mass is 10.4. The Bertz CT molecular complexity index is 907. The van der Waals surface area contributed by atoms with Crippen molar-refractivity contribution in [1.29, 1.82) is 0 Å². The molecular formula is C14H14ClNO4S3. The SMILES string of the molecule is O=S(=O)(c1ccccc1)[C@H]1CCN(S(=O)(=O)c2ccc(Cl)s2)C1. The molecule has 0 N–H and O–H groups in total.